The smallest absolute Gasteiger partial charge is 0.310 e. The first-order valence-electron chi connectivity index (χ1n) is 7.06. The average molecular weight is 296 g/mol. The number of carbonyl (C=O) groups excluding carboxylic acids is 1. The number of ether oxygens (including phenoxy) is 1. The molecule has 4 heteroatoms. The van der Waals surface area contributed by atoms with Gasteiger partial charge in [0.15, 0.2) is 0 Å². The van der Waals surface area contributed by atoms with Gasteiger partial charge in [-0.05, 0) is 51.4 Å². The molecule has 1 aromatic rings. The van der Waals surface area contributed by atoms with Gasteiger partial charge in [0.2, 0.25) is 0 Å². The Hall–Kier alpha value is -1.06. The summed E-state index contributed by atoms with van der Waals surface area (Å²) in [7, 11) is 0. The van der Waals surface area contributed by atoms with E-state index in [-0.39, 0.29) is 17.8 Å². The third kappa shape index (κ3) is 3.97. The number of rotatable bonds is 2. The van der Waals surface area contributed by atoms with Crippen LogP contribution in [-0.4, -0.2) is 24.7 Å². The van der Waals surface area contributed by atoms with Crippen molar-refractivity contribution in [2.24, 2.45) is 5.92 Å². The fourth-order valence-electron chi connectivity index (χ4n) is 2.58. The highest BCUT2D eigenvalue weighted by Gasteiger charge is 2.34. The summed E-state index contributed by atoms with van der Waals surface area (Å²) in [4.78, 5) is 12.4. The van der Waals surface area contributed by atoms with Gasteiger partial charge >= 0.3 is 5.97 Å². The third-order valence-electron chi connectivity index (χ3n) is 3.49. The number of piperidine rings is 1. The summed E-state index contributed by atoms with van der Waals surface area (Å²) in [5.74, 6) is -0.0357. The van der Waals surface area contributed by atoms with E-state index in [2.05, 4.69) is 5.32 Å². The molecule has 0 saturated carbocycles. The van der Waals surface area contributed by atoms with Crippen molar-refractivity contribution in [3.8, 4) is 0 Å². The Balaban J connectivity index is 2.16. The van der Waals surface area contributed by atoms with E-state index in [1.807, 2.05) is 45.0 Å². The number of benzene rings is 1. The first kappa shape index (κ1) is 15.3. The first-order chi connectivity index (χ1) is 9.37. The predicted molar refractivity (Wildman–Crippen MR) is 81.0 cm³/mol. The van der Waals surface area contributed by atoms with Crippen LogP contribution in [0.4, 0.5) is 0 Å². The second-order valence-electron chi connectivity index (χ2n) is 6.29. The summed E-state index contributed by atoms with van der Waals surface area (Å²) < 4.78 is 5.56. The molecule has 1 aliphatic heterocycles. The molecule has 2 rings (SSSR count). The maximum atomic E-state index is 12.4. The largest absolute Gasteiger partial charge is 0.460 e. The zero-order valence-corrected chi connectivity index (χ0v) is 13.0. The van der Waals surface area contributed by atoms with Gasteiger partial charge in [-0.15, -0.1) is 0 Å². The van der Waals surface area contributed by atoms with Gasteiger partial charge in [-0.1, -0.05) is 23.7 Å². The Morgan fingerprint density at radius 3 is 2.55 bits per heavy atom. The maximum Gasteiger partial charge on any atom is 0.310 e. The van der Waals surface area contributed by atoms with Crippen molar-refractivity contribution < 1.29 is 9.53 Å². The molecule has 1 aromatic carbocycles. The minimum Gasteiger partial charge on any atom is -0.460 e. The van der Waals surface area contributed by atoms with Crippen LogP contribution in [0.5, 0.6) is 0 Å². The average Bonchev–Trinajstić information content (AvgIpc) is 2.38. The van der Waals surface area contributed by atoms with Crippen molar-refractivity contribution in [1.82, 2.24) is 5.32 Å². The summed E-state index contributed by atoms with van der Waals surface area (Å²) in [6.45, 7) is 7.37. The molecule has 1 saturated heterocycles. The molecule has 0 aromatic heterocycles. The standard InChI is InChI=1S/C16H22ClNO2/c1-16(2,3)20-15(19)13-8-9-18-10-14(13)11-4-6-12(17)7-5-11/h4-7,13-14,18H,8-10H2,1-3H3. The molecule has 0 bridgehead atoms. The number of carbonyl (C=O) groups is 1. The molecule has 2 atom stereocenters. The van der Waals surface area contributed by atoms with E-state index in [0.29, 0.717) is 5.02 Å². The fourth-order valence-corrected chi connectivity index (χ4v) is 2.70. The van der Waals surface area contributed by atoms with Crippen LogP contribution in [0.2, 0.25) is 5.02 Å². The lowest BCUT2D eigenvalue weighted by Gasteiger charge is -2.33. The fraction of sp³-hybridized carbons (Fsp3) is 0.562. The molecule has 0 radical (unpaired) electrons. The van der Waals surface area contributed by atoms with E-state index in [1.165, 1.54) is 0 Å². The van der Waals surface area contributed by atoms with Crippen LogP contribution < -0.4 is 5.32 Å². The van der Waals surface area contributed by atoms with E-state index in [1.54, 1.807) is 0 Å². The number of halogens is 1. The van der Waals surface area contributed by atoms with Crippen LogP contribution in [0.25, 0.3) is 0 Å². The summed E-state index contributed by atoms with van der Waals surface area (Å²) in [6.07, 6.45) is 0.808. The molecule has 0 aliphatic carbocycles. The predicted octanol–water partition coefficient (Wildman–Crippen LogP) is 3.37. The Morgan fingerprint density at radius 2 is 1.95 bits per heavy atom. The van der Waals surface area contributed by atoms with E-state index >= 15 is 0 Å². The molecule has 0 amide bonds. The van der Waals surface area contributed by atoms with Crippen LogP contribution >= 0.6 is 11.6 Å². The number of esters is 1. The SMILES string of the molecule is CC(C)(C)OC(=O)C1CCNCC1c1ccc(Cl)cc1. The molecule has 3 nitrogen and oxygen atoms in total. The summed E-state index contributed by atoms with van der Waals surface area (Å²) in [5, 5.41) is 4.07. The first-order valence-corrected chi connectivity index (χ1v) is 7.43. The van der Waals surface area contributed by atoms with Crippen molar-refractivity contribution in [3.63, 3.8) is 0 Å². The second-order valence-corrected chi connectivity index (χ2v) is 6.73. The minimum absolute atomic E-state index is 0.0864. The van der Waals surface area contributed by atoms with Crippen LogP contribution in [-0.2, 0) is 9.53 Å². The van der Waals surface area contributed by atoms with Gasteiger partial charge in [0.1, 0.15) is 5.60 Å². The molecule has 110 valence electrons. The molecule has 1 aliphatic rings. The van der Waals surface area contributed by atoms with Crippen molar-refractivity contribution in [2.45, 2.75) is 38.7 Å². The van der Waals surface area contributed by atoms with Crippen molar-refractivity contribution in [3.05, 3.63) is 34.9 Å². The van der Waals surface area contributed by atoms with Crippen LogP contribution in [0, 0.1) is 5.92 Å². The molecule has 2 unspecified atom stereocenters. The Bertz CT molecular complexity index is 464. The number of nitrogens with one attached hydrogen (secondary N) is 1. The highest BCUT2D eigenvalue weighted by molar-refractivity contribution is 6.30. The topological polar surface area (TPSA) is 38.3 Å². The summed E-state index contributed by atoms with van der Waals surface area (Å²) in [5.41, 5.74) is 0.699. The van der Waals surface area contributed by atoms with Gasteiger partial charge in [0, 0.05) is 17.5 Å². The molecule has 1 fully saturated rings. The zero-order chi connectivity index (χ0) is 14.8. The zero-order valence-electron chi connectivity index (χ0n) is 12.3. The Labute approximate surface area is 125 Å². The summed E-state index contributed by atoms with van der Waals surface area (Å²) in [6, 6.07) is 7.74. The van der Waals surface area contributed by atoms with Crippen LogP contribution in [0.3, 0.4) is 0 Å². The molecule has 0 spiro atoms. The van der Waals surface area contributed by atoms with Crippen LogP contribution in [0.1, 0.15) is 38.7 Å². The lowest BCUT2D eigenvalue weighted by Crippen LogP contribution is -2.41. The number of hydrogen-bond acceptors (Lipinski definition) is 3. The molecular formula is C16H22ClNO2. The second kappa shape index (κ2) is 6.15. The van der Waals surface area contributed by atoms with Gasteiger partial charge in [-0.3, -0.25) is 4.79 Å². The summed E-state index contributed by atoms with van der Waals surface area (Å²) >= 11 is 5.93. The van der Waals surface area contributed by atoms with E-state index in [4.69, 9.17) is 16.3 Å². The minimum atomic E-state index is -0.438. The highest BCUT2D eigenvalue weighted by atomic mass is 35.5. The lowest BCUT2D eigenvalue weighted by atomic mass is 9.81. The Kier molecular flexibility index (Phi) is 4.71. The molecule has 1 heterocycles. The molecule has 1 N–H and O–H groups in total. The monoisotopic (exact) mass is 295 g/mol. The van der Waals surface area contributed by atoms with Crippen molar-refractivity contribution in [1.29, 1.82) is 0 Å². The van der Waals surface area contributed by atoms with E-state index < -0.39 is 5.60 Å². The van der Waals surface area contributed by atoms with Gasteiger partial charge in [0.25, 0.3) is 0 Å². The van der Waals surface area contributed by atoms with Gasteiger partial charge in [0.05, 0.1) is 5.92 Å². The van der Waals surface area contributed by atoms with E-state index in [9.17, 15) is 4.79 Å². The van der Waals surface area contributed by atoms with Crippen LogP contribution in [0.15, 0.2) is 24.3 Å². The quantitative estimate of drug-likeness (QED) is 0.850. The molecule has 20 heavy (non-hydrogen) atoms. The van der Waals surface area contributed by atoms with Crippen molar-refractivity contribution in [2.75, 3.05) is 13.1 Å². The third-order valence-corrected chi connectivity index (χ3v) is 3.74. The van der Waals surface area contributed by atoms with E-state index in [0.717, 1.165) is 25.1 Å². The Morgan fingerprint density at radius 1 is 1.30 bits per heavy atom. The van der Waals surface area contributed by atoms with Gasteiger partial charge in [-0.25, -0.2) is 0 Å². The normalized spacial score (nSPS) is 23.4. The maximum absolute atomic E-state index is 12.4. The van der Waals surface area contributed by atoms with Gasteiger partial charge in [-0.2, -0.15) is 0 Å². The lowest BCUT2D eigenvalue weighted by molar-refractivity contribution is -0.161. The molecular weight excluding hydrogens is 274 g/mol. The van der Waals surface area contributed by atoms with Gasteiger partial charge < -0.3 is 10.1 Å². The highest BCUT2D eigenvalue weighted by Crippen LogP contribution is 2.32. The van der Waals surface area contributed by atoms with Crippen molar-refractivity contribution >= 4 is 17.6 Å². The number of hydrogen-bond donors (Lipinski definition) is 1.